The van der Waals surface area contributed by atoms with Gasteiger partial charge in [0.15, 0.2) is 11.5 Å². The molecule has 41 heavy (non-hydrogen) atoms. The SMILES string of the molecule is Cc1cn2cc(NC(=O)c3c(F)cc(N4CC[C@@H](N(C(=O)OC(C)(C)C)C5CC5)C4)c4cc(C)[nH]c34)cc(F)c2n1. The zero-order valence-electron chi connectivity index (χ0n) is 23.8. The normalized spacial score (nSPS) is 17.4. The van der Waals surface area contributed by atoms with Crippen LogP contribution >= 0.6 is 0 Å². The summed E-state index contributed by atoms with van der Waals surface area (Å²) in [7, 11) is 0. The molecule has 0 spiro atoms. The molecule has 9 nitrogen and oxygen atoms in total. The van der Waals surface area contributed by atoms with Gasteiger partial charge in [-0.2, -0.15) is 0 Å². The minimum absolute atomic E-state index is 0.0601. The summed E-state index contributed by atoms with van der Waals surface area (Å²) < 4.78 is 37.5. The molecule has 2 aliphatic rings. The van der Waals surface area contributed by atoms with Crippen LogP contribution < -0.4 is 10.2 Å². The molecular weight excluding hydrogens is 530 g/mol. The molecule has 11 heteroatoms. The van der Waals surface area contributed by atoms with Crippen molar-refractivity contribution in [1.29, 1.82) is 0 Å². The number of nitrogens with zero attached hydrogens (tertiary/aromatic N) is 4. The van der Waals surface area contributed by atoms with Gasteiger partial charge in [0.1, 0.15) is 11.4 Å². The summed E-state index contributed by atoms with van der Waals surface area (Å²) in [6, 6.07) is 4.55. The highest BCUT2D eigenvalue weighted by Gasteiger charge is 2.42. The van der Waals surface area contributed by atoms with Gasteiger partial charge in [-0.25, -0.2) is 18.6 Å². The maximum absolute atomic E-state index is 15.8. The summed E-state index contributed by atoms with van der Waals surface area (Å²) in [6.45, 7) is 10.3. The summed E-state index contributed by atoms with van der Waals surface area (Å²) in [5, 5.41) is 3.35. The van der Waals surface area contributed by atoms with Gasteiger partial charge < -0.3 is 29.2 Å². The molecule has 1 saturated carbocycles. The fourth-order valence-electron chi connectivity index (χ4n) is 5.75. The summed E-state index contributed by atoms with van der Waals surface area (Å²) in [6.07, 6.45) is 5.51. The second-order valence-corrected chi connectivity index (χ2v) is 12.1. The number of carbonyl (C=O) groups is 2. The molecule has 2 N–H and O–H groups in total. The summed E-state index contributed by atoms with van der Waals surface area (Å²) in [5.41, 5.74) is 2.01. The minimum Gasteiger partial charge on any atom is -0.444 e. The van der Waals surface area contributed by atoms with E-state index in [4.69, 9.17) is 4.74 Å². The number of aryl methyl sites for hydroxylation is 2. The number of benzene rings is 1. The van der Waals surface area contributed by atoms with Gasteiger partial charge in [0.2, 0.25) is 0 Å². The Morgan fingerprint density at radius 3 is 2.54 bits per heavy atom. The number of fused-ring (bicyclic) bond motifs is 2. The zero-order chi connectivity index (χ0) is 29.2. The number of halogens is 2. The number of anilines is 2. The zero-order valence-corrected chi connectivity index (χ0v) is 23.8. The molecular formula is C30H34F2N6O3. The first kappa shape index (κ1) is 27.0. The average Bonchev–Trinajstić information content (AvgIpc) is 3.24. The Balaban J connectivity index is 1.28. The van der Waals surface area contributed by atoms with Crippen molar-refractivity contribution in [3.05, 3.63) is 59.2 Å². The number of rotatable bonds is 5. The monoisotopic (exact) mass is 564 g/mol. The third-order valence-corrected chi connectivity index (χ3v) is 7.53. The Morgan fingerprint density at radius 1 is 1.07 bits per heavy atom. The lowest BCUT2D eigenvalue weighted by atomic mass is 10.1. The van der Waals surface area contributed by atoms with Crippen LogP contribution in [0.3, 0.4) is 0 Å². The van der Waals surface area contributed by atoms with Crippen molar-refractivity contribution >= 4 is 39.9 Å². The molecule has 0 radical (unpaired) electrons. The molecule has 4 aromatic rings. The number of imidazole rings is 1. The number of aromatic nitrogens is 3. The van der Waals surface area contributed by atoms with E-state index in [0.717, 1.165) is 25.0 Å². The van der Waals surface area contributed by atoms with Crippen molar-refractivity contribution in [2.24, 2.45) is 0 Å². The molecule has 0 unspecified atom stereocenters. The Morgan fingerprint density at radius 2 is 1.83 bits per heavy atom. The van der Waals surface area contributed by atoms with Crippen LogP contribution in [0.25, 0.3) is 16.6 Å². The fraction of sp³-hybridized carbons (Fsp3) is 0.433. The van der Waals surface area contributed by atoms with E-state index in [9.17, 15) is 14.0 Å². The molecule has 2 amide bonds. The van der Waals surface area contributed by atoms with Gasteiger partial charge in [-0.15, -0.1) is 0 Å². The van der Waals surface area contributed by atoms with Crippen molar-refractivity contribution in [3.63, 3.8) is 0 Å². The van der Waals surface area contributed by atoms with Gasteiger partial charge >= 0.3 is 6.09 Å². The number of nitrogens with one attached hydrogen (secondary N) is 2. The summed E-state index contributed by atoms with van der Waals surface area (Å²) >= 11 is 0. The Kier molecular flexibility index (Phi) is 6.43. The predicted molar refractivity (Wildman–Crippen MR) is 153 cm³/mol. The number of amides is 2. The minimum atomic E-state index is -0.694. The van der Waals surface area contributed by atoms with Crippen LogP contribution in [0.1, 0.15) is 61.8 Å². The molecule has 2 fully saturated rings. The molecule has 0 bridgehead atoms. The fourth-order valence-corrected chi connectivity index (χ4v) is 5.75. The number of hydrogen-bond donors (Lipinski definition) is 2. The molecule has 3 aromatic heterocycles. The van der Waals surface area contributed by atoms with Crippen LogP contribution in [-0.4, -0.2) is 62.0 Å². The molecule has 1 saturated heterocycles. The number of hydrogen-bond acceptors (Lipinski definition) is 5. The first-order valence-corrected chi connectivity index (χ1v) is 13.9. The number of aromatic amines is 1. The van der Waals surface area contributed by atoms with Crippen LogP contribution in [0.4, 0.5) is 25.0 Å². The lowest BCUT2D eigenvalue weighted by molar-refractivity contribution is 0.0158. The van der Waals surface area contributed by atoms with Crippen molar-refractivity contribution in [2.45, 2.75) is 71.6 Å². The lowest BCUT2D eigenvalue weighted by Crippen LogP contribution is -2.46. The van der Waals surface area contributed by atoms with Crippen molar-refractivity contribution in [3.8, 4) is 0 Å². The van der Waals surface area contributed by atoms with E-state index >= 15 is 4.39 Å². The van der Waals surface area contributed by atoms with Gasteiger partial charge in [0.05, 0.1) is 28.5 Å². The average molecular weight is 565 g/mol. The van der Waals surface area contributed by atoms with Crippen LogP contribution in [0.2, 0.25) is 0 Å². The number of H-pyrrole nitrogens is 1. The van der Waals surface area contributed by atoms with Gasteiger partial charge in [0.25, 0.3) is 5.91 Å². The topological polar surface area (TPSA) is 95.0 Å². The first-order chi connectivity index (χ1) is 19.4. The molecule has 1 aromatic carbocycles. The predicted octanol–water partition coefficient (Wildman–Crippen LogP) is 5.94. The highest BCUT2D eigenvalue weighted by Crippen LogP contribution is 2.38. The number of ether oxygens (including phenoxy) is 1. The third kappa shape index (κ3) is 5.20. The number of pyridine rings is 1. The van der Waals surface area contributed by atoms with Crippen molar-refractivity contribution < 1.29 is 23.1 Å². The first-order valence-electron chi connectivity index (χ1n) is 13.9. The number of carbonyl (C=O) groups excluding carboxylic acids is 2. The third-order valence-electron chi connectivity index (χ3n) is 7.53. The molecule has 216 valence electrons. The Hall–Kier alpha value is -4.15. The molecule has 6 rings (SSSR count). The van der Waals surface area contributed by atoms with Gasteiger partial charge in [-0.1, -0.05) is 0 Å². The smallest absolute Gasteiger partial charge is 0.410 e. The second kappa shape index (κ2) is 9.74. The van der Waals surface area contributed by atoms with Gasteiger partial charge in [-0.05, 0) is 66.0 Å². The van der Waals surface area contributed by atoms with E-state index in [0.29, 0.717) is 35.4 Å². The molecule has 1 aliphatic carbocycles. The van der Waals surface area contributed by atoms with Crippen molar-refractivity contribution in [1.82, 2.24) is 19.3 Å². The van der Waals surface area contributed by atoms with Gasteiger partial charge in [-0.3, -0.25) is 4.79 Å². The van der Waals surface area contributed by atoms with Crippen LogP contribution in [0.5, 0.6) is 0 Å². The maximum Gasteiger partial charge on any atom is 0.410 e. The van der Waals surface area contributed by atoms with E-state index in [1.54, 1.807) is 19.3 Å². The van der Waals surface area contributed by atoms with E-state index in [1.807, 2.05) is 38.7 Å². The van der Waals surface area contributed by atoms with E-state index in [2.05, 4.69) is 20.2 Å². The van der Waals surface area contributed by atoms with Crippen LogP contribution in [-0.2, 0) is 4.74 Å². The van der Waals surface area contributed by atoms with Gasteiger partial charge in [0, 0.05) is 54.4 Å². The Bertz CT molecular complexity index is 1680. The van der Waals surface area contributed by atoms with Crippen molar-refractivity contribution in [2.75, 3.05) is 23.3 Å². The molecule has 4 heterocycles. The van der Waals surface area contributed by atoms with Crippen LogP contribution in [0.15, 0.2) is 30.6 Å². The molecule has 1 atom stereocenters. The molecule has 1 aliphatic heterocycles. The summed E-state index contributed by atoms with van der Waals surface area (Å²) in [4.78, 5) is 37.6. The maximum atomic E-state index is 15.8. The van der Waals surface area contributed by atoms with Crippen LogP contribution in [0, 0.1) is 25.5 Å². The van der Waals surface area contributed by atoms with E-state index in [-0.39, 0.29) is 35.1 Å². The highest BCUT2D eigenvalue weighted by atomic mass is 19.1. The highest BCUT2D eigenvalue weighted by molar-refractivity contribution is 6.14. The standard InChI is InChI=1S/C30H34F2N6O3/c1-16-10-21-24(36-9-8-20(15-36)38(19-6-7-19)29(40)41-30(3,4)5)12-22(31)25(26(21)33-16)28(39)35-18-11-23(32)27-34-17(2)13-37(27)14-18/h10-14,19-20,33H,6-9,15H2,1-5H3,(H,35,39)/t20-/m1/s1. The lowest BCUT2D eigenvalue weighted by Gasteiger charge is -2.32. The quantitative estimate of drug-likeness (QED) is 0.313. The van der Waals surface area contributed by atoms with E-state index < -0.39 is 23.1 Å². The summed E-state index contributed by atoms with van der Waals surface area (Å²) in [5.74, 6) is -1.98. The second-order valence-electron chi connectivity index (χ2n) is 12.1. The Labute approximate surface area is 236 Å². The van der Waals surface area contributed by atoms with E-state index in [1.165, 1.54) is 16.5 Å². The largest absolute Gasteiger partial charge is 0.444 e.